The number of urea groups is 1. The van der Waals surface area contributed by atoms with Crippen LogP contribution in [0.25, 0.3) is 0 Å². The molecule has 0 radical (unpaired) electrons. The van der Waals surface area contributed by atoms with Crippen molar-refractivity contribution in [1.82, 2.24) is 16.0 Å². The highest BCUT2D eigenvalue weighted by Gasteiger charge is 2.25. The molecule has 1 aromatic heterocycles. The first kappa shape index (κ1) is 26.4. The molecule has 0 aliphatic carbocycles. The molecule has 1 atom stereocenters. The number of anilines is 2. The van der Waals surface area contributed by atoms with E-state index in [4.69, 9.17) is 16.3 Å². The average molecular weight is 526 g/mol. The number of morpholine rings is 1. The molecule has 35 heavy (non-hydrogen) atoms. The van der Waals surface area contributed by atoms with Crippen LogP contribution in [-0.2, 0) is 14.3 Å². The molecule has 0 unspecified atom stereocenters. The Morgan fingerprint density at radius 1 is 1.20 bits per heavy atom. The number of nitrogens with one attached hydrogen (secondary N) is 4. The molecule has 4 N–H and O–H groups in total. The van der Waals surface area contributed by atoms with Gasteiger partial charge in [0.2, 0.25) is 5.91 Å². The first-order chi connectivity index (χ1) is 16.6. The zero-order chi connectivity index (χ0) is 25.5. The summed E-state index contributed by atoms with van der Waals surface area (Å²) in [6.07, 6.45) is 0. The molecule has 2 aromatic rings. The van der Waals surface area contributed by atoms with E-state index < -0.39 is 29.7 Å². The number of benzene rings is 1. The van der Waals surface area contributed by atoms with Gasteiger partial charge in [-0.3, -0.25) is 14.4 Å². The fourth-order valence-electron chi connectivity index (χ4n) is 3.20. The molecule has 0 saturated carbocycles. The van der Waals surface area contributed by atoms with Crippen molar-refractivity contribution in [2.75, 3.05) is 36.5 Å². The highest BCUT2D eigenvalue weighted by molar-refractivity contribution is 7.18. The van der Waals surface area contributed by atoms with Crippen LogP contribution < -0.4 is 26.2 Å². The van der Waals surface area contributed by atoms with Gasteiger partial charge in [-0.2, -0.15) is 0 Å². The average Bonchev–Trinajstić information content (AvgIpc) is 3.23. The summed E-state index contributed by atoms with van der Waals surface area (Å²) in [5, 5.41) is 10.2. The van der Waals surface area contributed by atoms with Gasteiger partial charge in [-0.25, -0.2) is 9.18 Å². The van der Waals surface area contributed by atoms with Crippen LogP contribution in [0.15, 0.2) is 30.3 Å². The molecule has 1 aromatic carbocycles. The van der Waals surface area contributed by atoms with E-state index in [2.05, 4.69) is 21.3 Å². The van der Waals surface area contributed by atoms with Gasteiger partial charge in [0.25, 0.3) is 11.8 Å². The molecular formula is C22H25ClFN5O5S. The van der Waals surface area contributed by atoms with Gasteiger partial charge in [0.15, 0.2) is 0 Å². The second-order valence-electron chi connectivity index (χ2n) is 7.89. The number of amides is 5. The van der Waals surface area contributed by atoms with Gasteiger partial charge in [0.05, 0.1) is 21.5 Å². The van der Waals surface area contributed by atoms with Crippen molar-refractivity contribution in [3.63, 3.8) is 0 Å². The quantitative estimate of drug-likeness (QED) is 0.420. The van der Waals surface area contributed by atoms with E-state index in [9.17, 15) is 23.6 Å². The number of carbonyl (C=O) groups is 4. The van der Waals surface area contributed by atoms with E-state index in [1.807, 2.05) is 0 Å². The molecule has 1 aliphatic heterocycles. The highest BCUT2D eigenvalue weighted by atomic mass is 35.5. The van der Waals surface area contributed by atoms with Crippen molar-refractivity contribution in [1.29, 1.82) is 0 Å². The van der Waals surface area contributed by atoms with Crippen molar-refractivity contribution in [2.24, 2.45) is 0 Å². The number of hydrogen-bond donors (Lipinski definition) is 4. The second kappa shape index (κ2) is 12.0. The van der Waals surface area contributed by atoms with Crippen LogP contribution in [0.4, 0.5) is 20.6 Å². The third-order valence-corrected chi connectivity index (χ3v) is 6.03. The summed E-state index contributed by atoms with van der Waals surface area (Å²) < 4.78 is 20.2. The summed E-state index contributed by atoms with van der Waals surface area (Å²) in [5.74, 6) is -2.21. The van der Waals surface area contributed by atoms with Gasteiger partial charge >= 0.3 is 6.03 Å². The molecule has 2 heterocycles. The third-order valence-electron chi connectivity index (χ3n) is 4.80. The van der Waals surface area contributed by atoms with Crippen LogP contribution >= 0.6 is 22.9 Å². The Labute approximate surface area is 210 Å². The van der Waals surface area contributed by atoms with Crippen molar-refractivity contribution in [3.05, 3.63) is 45.4 Å². The first-order valence-corrected chi connectivity index (χ1v) is 11.9. The lowest BCUT2D eigenvalue weighted by atomic mass is 10.2. The van der Waals surface area contributed by atoms with E-state index in [1.165, 1.54) is 17.0 Å². The van der Waals surface area contributed by atoms with Crippen LogP contribution in [0.2, 0.25) is 4.34 Å². The SMILES string of the molecule is CC(C)NC(=O)N[C@H](CNC(=O)c1ccc(Cl)s1)C(=O)Nc1ccc(N2CCOCC2=O)c(F)c1. The van der Waals surface area contributed by atoms with Crippen LogP contribution in [0.3, 0.4) is 0 Å². The molecule has 1 fully saturated rings. The Morgan fingerprint density at radius 2 is 1.97 bits per heavy atom. The summed E-state index contributed by atoms with van der Waals surface area (Å²) in [6, 6.07) is 5.04. The highest BCUT2D eigenvalue weighted by Crippen LogP contribution is 2.24. The summed E-state index contributed by atoms with van der Waals surface area (Å²) in [6.45, 7) is 3.65. The van der Waals surface area contributed by atoms with E-state index in [0.717, 1.165) is 17.4 Å². The second-order valence-corrected chi connectivity index (χ2v) is 9.61. The normalized spacial score (nSPS) is 14.4. The minimum absolute atomic E-state index is 0.0733. The number of nitrogens with zero attached hydrogens (tertiary/aromatic N) is 1. The fourth-order valence-corrected chi connectivity index (χ4v) is 4.15. The molecule has 0 bridgehead atoms. The molecular weight excluding hydrogens is 501 g/mol. The largest absolute Gasteiger partial charge is 0.370 e. The Bertz CT molecular complexity index is 1110. The molecule has 188 valence electrons. The lowest BCUT2D eigenvalue weighted by molar-refractivity contribution is -0.125. The predicted octanol–water partition coefficient (Wildman–Crippen LogP) is 2.35. The maximum atomic E-state index is 14.7. The zero-order valence-electron chi connectivity index (χ0n) is 19.0. The molecule has 10 nitrogen and oxygen atoms in total. The number of ether oxygens (including phenoxy) is 1. The van der Waals surface area contributed by atoms with Gasteiger partial charge in [-0.05, 0) is 44.2 Å². The lowest BCUT2D eigenvalue weighted by Crippen LogP contribution is -2.54. The Hall–Kier alpha value is -3.22. The fraction of sp³-hybridized carbons (Fsp3) is 0.364. The predicted molar refractivity (Wildman–Crippen MR) is 130 cm³/mol. The van der Waals surface area contributed by atoms with Gasteiger partial charge in [0.1, 0.15) is 18.5 Å². The molecule has 1 saturated heterocycles. The van der Waals surface area contributed by atoms with E-state index >= 15 is 0 Å². The molecule has 13 heteroatoms. The monoisotopic (exact) mass is 525 g/mol. The molecule has 5 amide bonds. The lowest BCUT2D eigenvalue weighted by Gasteiger charge is -2.27. The maximum Gasteiger partial charge on any atom is 0.315 e. The summed E-state index contributed by atoms with van der Waals surface area (Å²) in [7, 11) is 0. The van der Waals surface area contributed by atoms with Crippen LogP contribution in [-0.4, -0.2) is 62.1 Å². The van der Waals surface area contributed by atoms with Crippen LogP contribution in [0, 0.1) is 5.82 Å². The van der Waals surface area contributed by atoms with Crippen molar-refractivity contribution < 1.29 is 28.3 Å². The summed E-state index contributed by atoms with van der Waals surface area (Å²) in [4.78, 5) is 51.1. The Kier molecular flexibility index (Phi) is 9.01. The first-order valence-electron chi connectivity index (χ1n) is 10.7. The van der Waals surface area contributed by atoms with E-state index in [0.29, 0.717) is 15.8 Å². The molecule has 1 aliphatic rings. The zero-order valence-corrected chi connectivity index (χ0v) is 20.6. The molecule has 3 rings (SSSR count). The Morgan fingerprint density at radius 3 is 2.60 bits per heavy atom. The number of hydrogen-bond acceptors (Lipinski definition) is 6. The summed E-state index contributed by atoms with van der Waals surface area (Å²) in [5.41, 5.74) is 0.188. The van der Waals surface area contributed by atoms with Gasteiger partial charge in [-0.1, -0.05) is 11.6 Å². The number of halogens is 2. The molecule has 0 spiro atoms. The van der Waals surface area contributed by atoms with Crippen molar-refractivity contribution in [2.45, 2.75) is 25.9 Å². The summed E-state index contributed by atoms with van der Waals surface area (Å²) >= 11 is 6.93. The standard InChI is InChI=1S/C22H25ClFN5O5S/c1-12(2)26-22(33)28-15(10-25-21(32)17-5-6-18(23)35-17)20(31)27-13-3-4-16(14(24)9-13)29-7-8-34-11-19(29)30/h3-6,9,12,15H,7-8,10-11H2,1-2H3,(H,25,32)(H,27,31)(H2,26,28,33)/t15-/m1/s1. The van der Waals surface area contributed by atoms with Gasteiger partial charge in [0, 0.05) is 24.8 Å². The number of rotatable bonds is 8. The van der Waals surface area contributed by atoms with Crippen molar-refractivity contribution >= 4 is 58.1 Å². The smallest absolute Gasteiger partial charge is 0.315 e. The van der Waals surface area contributed by atoms with E-state index in [1.54, 1.807) is 26.0 Å². The van der Waals surface area contributed by atoms with Crippen LogP contribution in [0.1, 0.15) is 23.5 Å². The van der Waals surface area contributed by atoms with Crippen molar-refractivity contribution in [3.8, 4) is 0 Å². The number of carbonyl (C=O) groups excluding carboxylic acids is 4. The topological polar surface area (TPSA) is 129 Å². The van der Waals surface area contributed by atoms with Crippen LogP contribution in [0.5, 0.6) is 0 Å². The number of thiophene rings is 1. The Balaban J connectivity index is 1.69. The maximum absolute atomic E-state index is 14.7. The van der Waals surface area contributed by atoms with E-state index in [-0.39, 0.29) is 43.0 Å². The minimum Gasteiger partial charge on any atom is -0.370 e. The van der Waals surface area contributed by atoms with Gasteiger partial charge in [-0.15, -0.1) is 11.3 Å². The minimum atomic E-state index is -1.17. The van der Waals surface area contributed by atoms with Gasteiger partial charge < -0.3 is 30.9 Å². The third kappa shape index (κ3) is 7.38.